The van der Waals surface area contributed by atoms with Crippen LogP contribution >= 0.6 is 23.8 Å². The molecule has 0 saturated carbocycles. The number of benzene rings is 1. The molecular formula is C13H12ClFN2S. The van der Waals surface area contributed by atoms with Gasteiger partial charge in [0.2, 0.25) is 0 Å². The van der Waals surface area contributed by atoms with E-state index in [1.165, 1.54) is 12.1 Å². The van der Waals surface area contributed by atoms with Gasteiger partial charge in [-0.2, -0.15) is 0 Å². The van der Waals surface area contributed by atoms with E-state index in [1.54, 1.807) is 6.07 Å². The van der Waals surface area contributed by atoms with Crippen molar-refractivity contribution in [1.82, 2.24) is 9.97 Å². The van der Waals surface area contributed by atoms with Crippen LogP contribution in [0, 0.1) is 10.5 Å². The van der Waals surface area contributed by atoms with Crippen molar-refractivity contribution in [3.63, 3.8) is 0 Å². The first-order valence-corrected chi connectivity index (χ1v) is 6.32. The van der Waals surface area contributed by atoms with Crippen molar-refractivity contribution in [2.24, 2.45) is 0 Å². The maximum Gasteiger partial charge on any atom is 0.140 e. The summed E-state index contributed by atoms with van der Waals surface area (Å²) < 4.78 is 13.5. The first-order chi connectivity index (χ1) is 8.47. The Balaban J connectivity index is 2.60. The Kier molecular flexibility index (Phi) is 3.78. The fraction of sp³-hybridized carbons (Fsp3) is 0.231. The van der Waals surface area contributed by atoms with Crippen LogP contribution in [-0.4, -0.2) is 9.97 Å². The second-order valence-electron chi connectivity index (χ2n) is 4.30. The molecule has 0 saturated heterocycles. The minimum absolute atomic E-state index is 0.299. The average Bonchev–Trinajstić information content (AvgIpc) is 2.27. The predicted octanol–water partition coefficient (Wildman–Crippen LogP) is 4.72. The van der Waals surface area contributed by atoms with Crippen LogP contribution in [0.5, 0.6) is 0 Å². The van der Waals surface area contributed by atoms with Crippen LogP contribution in [0.4, 0.5) is 4.39 Å². The molecular weight excluding hydrogens is 271 g/mol. The molecule has 2 nitrogen and oxygen atoms in total. The van der Waals surface area contributed by atoms with E-state index in [0.717, 1.165) is 5.69 Å². The largest absolute Gasteiger partial charge is 0.343 e. The molecule has 5 heteroatoms. The van der Waals surface area contributed by atoms with Gasteiger partial charge < -0.3 is 4.98 Å². The highest BCUT2D eigenvalue weighted by Gasteiger charge is 2.09. The molecule has 2 rings (SSSR count). The van der Waals surface area contributed by atoms with Gasteiger partial charge in [-0.15, -0.1) is 0 Å². The lowest BCUT2D eigenvalue weighted by Gasteiger charge is -2.09. The molecule has 1 heterocycles. The summed E-state index contributed by atoms with van der Waals surface area (Å²) >= 11 is 11.1. The van der Waals surface area contributed by atoms with Crippen LogP contribution in [0.3, 0.4) is 0 Å². The molecule has 1 aromatic heterocycles. The van der Waals surface area contributed by atoms with Crippen molar-refractivity contribution < 1.29 is 4.39 Å². The average molecular weight is 283 g/mol. The normalized spacial score (nSPS) is 10.9. The van der Waals surface area contributed by atoms with Crippen molar-refractivity contribution in [3.05, 3.63) is 45.4 Å². The maximum atomic E-state index is 13.0. The smallest absolute Gasteiger partial charge is 0.140 e. The Hall–Kier alpha value is -1.26. The lowest BCUT2D eigenvalue weighted by molar-refractivity contribution is 0.628. The SMILES string of the molecule is CC(C)c1cc(=S)nc(-c2ccc(F)cc2Cl)[nH]1. The number of halogens is 2. The van der Waals surface area contributed by atoms with E-state index in [-0.39, 0.29) is 5.82 Å². The van der Waals surface area contributed by atoms with Gasteiger partial charge >= 0.3 is 0 Å². The molecule has 0 spiro atoms. The molecule has 1 N–H and O–H groups in total. The van der Waals surface area contributed by atoms with Crippen LogP contribution in [0.2, 0.25) is 5.02 Å². The minimum Gasteiger partial charge on any atom is -0.343 e. The van der Waals surface area contributed by atoms with E-state index in [9.17, 15) is 4.39 Å². The maximum absolute atomic E-state index is 13.0. The van der Waals surface area contributed by atoms with E-state index in [1.807, 2.05) is 6.07 Å². The highest BCUT2D eigenvalue weighted by molar-refractivity contribution is 7.71. The lowest BCUT2D eigenvalue weighted by atomic mass is 10.1. The minimum atomic E-state index is -0.373. The summed E-state index contributed by atoms with van der Waals surface area (Å²) in [6.45, 7) is 4.10. The van der Waals surface area contributed by atoms with E-state index < -0.39 is 0 Å². The number of rotatable bonds is 2. The van der Waals surface area contributed by atoms with Gasteiger partial charge in [0.05, 0.1) is 5.02 Å². The topological polar surface area (TPSA) is 28.7 Å². The van der Waals surface area contributed by atoms with Crippen molar-refractivity contribution in [3.8, 4) is 11.4 Å². The van der Waals surface area contributed by atoms with Gasteiger partial charge in [0.25, 0.3) is 0 Å². The van der Waals surface area contributed by atoms with Crippen LogP contribution in [-0.2, 0) is 0 Å². The number of nitrogens with one attached hydrogen (secondary N) is 1. The third-order valence-corrected chi connectivity index (χ3v) is 3.09. The van der Waals surface area contributed by atoms with E-state index in [0.29, 0.717) is 27.0 Å². The number of H-pyrrole nitrogens is 1. The third-order valence-electron chi connectivity index (χ3n) is 2.57. The second kappa shape index (κ2) is 5.16. The quantitative estimate of drug-likeness (QED) is 0.807. The van der Waals surface area contributed by atoms with Gasteiger partial charge in [-0.1, -0.05) is 37.7 Å². The lowest BCUT2D eigenvalue weighted by Crippen LogP contribution is -1.98. The molecule has 2 aromatic rings. The van der Waals surface area contributed by atoms with E-state index in [2.05, 4.69) is 23.8 Å². The second-order valence-corrected chi connectivity index (χ2v) is 5.13. The van der Waals surface area contributed by atoms with Gasteiger partial charge in [0.1, 0.15) is 16.3 Å². The Morgan fingerprint density at radius 3 is 2.67 bits per heavy atom. The fourth-order valence-corrected chi connectivity index (χ4v) is 2.07. The summed E-state index contributed by atoms with van der Waals surface area (Å²) in [4.78, 5) is 7.41. The zero-order valence-corrected chi connectivity index (χ0v) is 11.6. The Labute approximate surface area is 115 Å². The highest BCUT2D eigenvalue weighted by atomic mass is 35.5. The van der Waals surface area contributed by atoms with Gasteiger partial charge in [-0.25, -0.2) is 9.37 Å². The summed E-state index contributed by atoms with van der Waals surface area (Å²) in [5, 5.41) is 0.314. The number of hydrogen-bond acceptors (Lipinski definition) is 2. The van der Waals surface area contributed by atoms with E-state index in [4.69, 9.17) is 23.8 Å². The predicted molar refractivity (Wildman–Crippen MR) is 73.9 cm³/mol. The number of aromatic nitrogens is 2. The molecule has 0 aliphatic heterocycles. The Morgan fingerprint density at radius 1 is 1.33 bits per heavy atom. The number of nitrogens with zero attached hydrogens (tertiary/aromatic N) is 1. The van der Waals surface area contributed by atoms with Gasteiger partial charge in [-0.3, -0.25) is 0 Å². The molecule has 0 bridgehead atoms. The van der Waals surface area contributed by atoms with Crippen LogP contribution in [0.25, 0.3) is 11.4 Å². The van der Waals surface area contributed by atoms with Crippen LogP contribution in [0.15, 0.2) is 24.3 Å². The van der Waals surface area contributed by atoms with Crippen molar-refractivity contribution in [2.45, 2.75) is 19.8 Å². The fourth-order valence-electron chi connectivity index (χ4n) is 1.60. The summed E-state index contributed by atoms with van der Waals surface area (Å²) in [6.07, 6.45) is 0. The molecule has 0 radical (unpaired) electrons. The number of hydrogen-bond donors (Lipinski definition) is 1. The molecule has 0 aliphatic rings. The van der Waals surface area contributed by atoms with Crippen LogP contribution in [0.1, 0.15) is 25.5 Å². The van der Waals surface area contributed by atoms with Gasteiger partial charge in [0, 0.05) is 11.3 Å². The molecule has 94 valence electrons. The highest BCUT2D eigenvalue weighted by Crippen LogP contribution is 2.26. The molecule has 0 atom stereocenters. The zero-order valence-electron chi connectivity index (χ0n) is 10.00. The molecule has 0 aliphatic carbocycles. The molecule has 1 aromatic carbocycles. The molecule has 0 unspecified atom stereocenters. The van der Waals surface area contributed by atoms with Crippen molar-refractivity contribution in [2.75, 3.05) is 0 Å². The van der Waals surface area contributed by atoms with Crippen LogP contribution < -0.4 is 0 Å². The molecule has 0 fully saturated rings. The van der Waals surface area contributed by atoms with Crippen molar-refractivity contribution >= 4 is 23.8 Å². The van der Waals surface area contributed by atoms with E-state index >= 15 is 0 Å². The summed E-state index contributed by atoms with van der Waals surface area (Å²) in [5.41, 5.74) is 1.62. The first kappa shape index (κ1) is 13.2. The summed E-state index contributed by atoms with van der Waals surface area (Å²) in [7, 11) is 0. The molecule has 18 heavy (non-hydrogen) atoms. The van der Waals surface area contributed by atoms with Gasteiger partial charge in [0.15, 0.2) is 0 Å². The monoisotopic (exact) mass is 282 g/mol. The first-order valence-electron chi connectivity index (χ1n) is 5.54. The molecule has 0 amide bonds. The standard InChI is InChI=1S/C13H12ClFN2S/c1-7(2)11-6-12(18)17-13(16-11)9-4-3-8(15)5-10(9)14/h3-7H,1-2H3,(H,16,17,18). The number of aromatic amines is 1. The third kappa shape index (κ3) is 2.76. The zero-order chi connectivity index (χ0) is 13.3. The van der Waals surface area contributed by atoms with Gasteiger partial charge in [-0.05, 0) is 30.2 Å². The van der Waals surface area contributed by atoms with Crippen molar-refractivity contribution in [1.29, 1.82) is 0 Å². The Bertz CT molecular complexity index is 637. The Morgan fingerprint density at radius 2 is 2.06 bits per heavy atom. The summed E-state index contributed by atoms with van der Waals surface area (Å²) in [6, 6.07) is 6.02. The summed E-state index contributed by atoms with van der Waals surface area (Å²) in [5.74, 6) is 0.492.